The molecule has 2 aliphatic heterocycles. The fourth-order valence-corrected chi connectivity index (χ4v) is 4.92. The quantitative estimate of drug-likeness (QED) is 0.905. The third-order valence-corrected chi connectivity index (χ3v) is 6.28. The molecule has 2 aliphatic carbocycles. The molecule has 1 N–H and O–H groups in total. The average molecular weight is 318 g/mol. The second-order valence-corrected chi connectivity index (χ2v) is 7.99. The van der Waals surface area contributed by atoms with Crippen molar-refractivity contribution < 1.29 is 0 Å². The summed E-state index contributed by atoms with van der Waals surface area (Å²) in [6.45, 7) is 3.66. The molecule has 2 aromatic carbocycles. The summed E-state index contributed by atoms with van der Waals surface area (Å²) in [4.78, 5) is 2.66. The molecule has 124 valence electrons. The molecular weight excluding hydrogens is 292 g/mol. The number of hydrogen-bond donors (Lipinski definition) is 1. The van der Waals surface area contributed by atoms with Crippen LogP contribution >= 0.6 is 0 Å². The molecule has 2 heteroatoms. The molecule has 2 saturated carbocycles. The Bertz CT molecular complexity index is 672. The van der Waals surface area contributed by atoms with Crippen molar-refractivity contribution in [1.82, 2.24) is 10.2 Å². The van der Waals surface area contributed by atoms with Gasteiger partial charge < -0.3 is 5.32 Å². The van der Waals surface area contributed by atoms with Crippen LogP contribution in [-0.2, 0) is 6.54 Å². The Kier molecular flexibility index (Phi) is 3.68. The maximum atomic E-state index is 4.00. The van der Waals surface area contributed by atoms with Gasteiger partial charge in [-0.05, 0) is 35.8 Å². The molecule has 4 aliphatic rings. The number of piperidine rings is 2. The largest absolute Gasteiger partial charge is 0.310 e. The highest BCUT2D eigenvalue weighted by Gasteiger charge is 2.50. The van der Waals surface area contributed by atoms with E-state index in [0.717, 1.165) is 36.4 Å². The molecule has 2 heterocycles. The topological polar surface area (TPSA) is 15.3 Å². The van der Waals surface area contributed by atoms with Crippen LogP contribution in [0.5, 0.6) is 0 Å². The highest BCUT2D eigenvalue weighted by atomic mass is 15.2. The Hall–Kier alpha value is -1.64. The minimum Gasteiger partial charge on any atom is -0.310 e. The molecule has 1 unspecified atom stereocenters. The number of fused-ring (bicyclic) bond motifs is 2. The monoisotopic (exact) mass is 318 g/mol. The summed E-state index contributed by atoms with van der Waals surface area (Å²) in [6.07, 6.45) is 2.76. The molecule has 0 amide bonds. The van der Waals surface area contributed by atoms with E-state index in [1.807, 2.05) is 0 Å². The van der Waals surface area contributed by atoms with E-state index in [0.29, 0.717) is 0 Å². The second-order valence-electron chi connectivity index (χ2n) is 7.99. The van der Waals surface area contributed by atoms with Crippen molar-refractivity contribution in [3.8, 4) is 0 Å². The van der Waals surface area contributed by atoms with Gasteiger partial charge in [-0.15, -0.1) is 0 Å². The van der Waals surface area contributed by atoms with Gasteiger partial charge >= 0.3 is 0 Å². The lowest BCUT2D eigenvalue weighted by atomic mass is 9.66. The highest BCUT2D eigenvalue weighted by Crippen LogP contribution is 2.46. The Morgan fingerprint density at radius 1 is 0.833 bits per heavy atom. The van der Waals surface area contributed by atoms with Gasteiger partial charge in [-0.3, -0.25) is 4.90 Å². The summed E-state index contributed by atoms with van der Waals surface area (Å²) in [5.41, 5.74) is 2.97. The predicted octanol–water partition coefficient (Wildman–Crippen LogP) is 3.65. The smallest absolute Gasteiger partial charge is 0.0233 e. The first-order chi connectivity index (χ1) is 11.9. The minimum absolute atomic E-state index is 0.725. The molecule has 2 nitrogen and oxygen atoms in total. The van der Waals surface area contributed by atoms with Crippen molar-refractivity contribution in [2.45, 2.75) is 37.4 Å². The van der Waals surface area contributed by atoms with Crippen LogP contribution in [-0.4, -0.2) is 30.1 Å². The van der Waals surface area contributed by atoms with Crippen molar-refractivity contribution in [2.75, 3.05) is 13.1 Å². The molecule has 0 spiro atoms. The zero-order valence-corrected chi connectivity index (χ0v) is 14.1. The van der Waals surface area contributed by atoms with Crippen LogP contribution in [0.15, 0.2) is 60.7 Å². The molecule has 4 fully saturated rings. The van der Waals surface area contributed by atoms with E-state index in [1.165, 1.54) is 37.1 Å². The number of benzene rings is 2. The molecule has 2 bridgehead atoms. The van der Waals surface area contributed by atoms with Gasteiger partial charge in [0.05, 0.1) is 0 Å². The number of hydrogen-bond acceptors (Lipinski definition) is 2. The lowest BCUT2D eigenvalue weighted by Gasteiger charge is -2.54. The summed E-state index contributed by atoms with van der Waals surface area (Å²) in [6, 6.07) is 23.5. The fourth-order valence-electron chi connectivity index (χ4n) is 4.92. The first-order valence-corrected chi connectivity index (χ1v) is 9.44. The van der Waals surface area contributed by atoms with Gasteiger partial charge in [-0.1, -0.05) is 60.7 Å². The van der Waals surface area contributed by atoms with E-state index in [-0.39, 0.29) is 0 Å². The standard InChI is InChI=1S/C22H26N2/c1-3-7-16(8-4-1)13-24-14-18-11-19(15-24)22(18)23-21-12-20(21)17-9-5-2-6-10-17/h1-10,18-23H,11-15H2/t18-,19+,20?,21-,22-/m1/s1. The van der Waals surface area contributed by atoms with Crippen LogP contribution in [0.25, 0.3) is 0 Å². The maximum absolute atomic E-state index is 4.00. The second kappa shape index (κ2) is 6.02. The van der Waals surface area contributed by atoms with Gasteiger partial charge in [0, 0.05) is 37.6 Å². The third kappa shape index (κ3) is 2.78. The zero-order chi connectivity index (χ0) is 15.9. The van der Waals surface area contributed by atoms with Gasteiger partial charge in [-0.25, -0.2) is 0 Å². The summed E-state index contributed by atoms with van der Waals surface area (Å²) < 4.78 is 0. The van der Waals surface area contributed by atoms with Crippen LogP contribution in [0.1, 0.15) is 29.9 Å². The van der Waals surface area contributed by atoms with Gasteiger partial charge in [0.15, 0.2) is 0 Å². The molecular formula is C22H26N2. The highest BCUT2D eigenvalue weighted by molar-refractivity contribution is 5.28. The van der Waals surface area contributed by atoms with Crippen LogP contribution in [0.2, 0.25) is 0 Å². The number of nitrogens with one attached hydrogen (secondary N) is 1. The molecule has 0 radical (unpaired) electrons. The average Bonchev–Trinajstić information content (AvgIpc) is 3.41. The van der Waals surface area contributed by atoms with Crippen LogP contribution < -0.4 is 5.32 Å². The Balaban J connectivity index is 1.15. The van der Waals surface area contributed by atoms with Crippen molar-refractivity contribution >= 4 is 0 Å². The van der Waals surface area contributed by atoms with Crippen molar-refractivity contribution in [3.05, 3.63) is 71.8 Å². The summed E-state index contributed by atoms with van der Waals surface area (Å²) in [7, 11) is 0. The van der Waals surface area contributed by atoms with Crippen molar-refractivity contribution in [1.29, 1.82) is 0 Å². The summed E-state index contributed by atoms with van der Waals surface area (Å²) in [5, 5.41) is 4.00. The van der Waals surface area contributed by atoms with Crippen molar-refractivity contribution in [3.63, 3.8) is 0 Å². The Morgan fingerprint density at radius 3 is 2.21 bits per heavy atom. The van der Waals surface area contributed by atoms with E-state index >= 15 is 0 Å². The summed E-state index contributed by atoms with van der Waals surface area (Å²) >= 11 is 0. The molecule has 24 heavy (non-hydrogen) atoms. The van der Waals surface area contributed by atoms with E-state index < -0.39 is 0 Å². The van der Waals surface area contributed by atoms with Crippen LogP contribution in [0, 0.1) is 11.8 Å². The number of rotatable bonds is 5. The Labute approximate surface area is 144 Å². The first-order valence-electron chi connectivity index (χ1n) is 9.44. The molecule has 6 rings (SSSR count). The molecule has 0 aromatic heterocycles. The zero-order valence-electron chi connectivity index (χ0n) is 14.1. The van der Waals surface area contributed by atoms with Gasteiger partial charge in [0.1, 0.15) is 0 Å². The lowest BCUT2D eigenvalue weighted by molar-refractivity contribution is -0.0195. The fraction of sp³-hybridized carbons (Fsp3) is 0.455. The van der Waals surface area contributed by atoms with E-state index in [2.05, 4.69) is 70.9 Å². The molecule has 5 atom stereocenters. The predicted molar refractivity (Wildman–Crippen MR) is 97.8 cm³/mol. The first kappa shape index (κ1) is 14.7. The van der Waals surface area contributed by atoms with Gasteiger partial charge in [-0.2, -0.15) is 0 Å². The van der Waals surface area contributed by atoms with Gasteiger partial charge in [0.2, 0.25) is 0 Å². The number of nitrogens with zero attached hydrogens (tertiary/aromatic N) is 1. The van der Waals surface area contributed by atoms with Crippen LogP contribution in [0.3, 0.4) is 0 Å². The van der Waals surface area contributed by atoms with Crippen molar-refractivity contribution in [2.24, 2.45) is 11.8 Å². The third-order valence-electron chi connectivity index (χ3n) is 6.28. The van der Waals surface area contributed by atoms with E-state index in [9.17, 15) is 0 Å². The maximum Gasteiger partial charge on any atom is 0.0233 e. The normalized spacial score (nSPS) is 34.6. The minimum atomic E-state index is 0.725. The van der Waals surface area contributed by atoms with E-state index in [4.69, 9.17) is 0 Å². The lowest BCUT2D eigenvalue weighted by Crippen LogP contribution is -2.63. The SMILES string of the molecule is c1ccc(CN2C[C@H]3C[C@@H](C2)[C@@H]3N[C@@H]2CC2c2ccccc2)cc1. The Morgan fingerprint density at radius 2 is 1.50 bits per heavy atom. The van der Waals surface area contributed by atoms with Crippen LogP contribution in [0.4, 0.5) is 0 Å². The summed E-state index contributed by atoms with van der Waals surface area (Å²) in [5.74, 6) is 2.49. The molecule has 2 aromatic rings. The molecule has 2 saturated heterocycles. The van der Waals surface area contributed by atoms with E-state index in [1.54, 1.807) is 0 Å². The van der Waals surface area contributed by atoms with Gasteiger partial charge in [0.25, 0.3) is 0 Å².